The third kappa shape index (κ3) is 6.07. The van der Waals surface area contributed by atoms with E-state index in [0.717, 1.165) is 12.1 Å². The van der Waals surface area contributed by atoms with Crippen LogP contribution in [0.25, 0.3) is 0 Å². The molecule has 4 rings (SSSR count). The molecule has 0 saturated heterocycles. The average Bonchev–Trinajstić information content (AvgIpc) is 2.90. The molecule has 0 heterocycles. The smallest absolute Gasteiger partial charge is 0.0592 e. The average molecular weight is 493 g/mol. The number of allylic oxidation sites excluding steroid dienone is 1. The van der Waals surface area contributed by atoms with Gasteiger partial charge in [-0.1, -0.05) is 149 Å². The Hall–Kier alpha value is -3.35. The van der Waals surface area contributed by atoms with Crippen molar-refractivity contribution in [2.24, 2.45) is 10.2 Å². The molecule has 184 valence electrons. The standard InChI is InChI=1S/C33H37N2P/c1-27(25-28-17-9-5-10-18-28)35-32(33(2,3)4)26-34-36(29-19-11-6-12-20-29,30-21-13-7-14-22-30)31-23-15-8-16-24-31/h5-24,32,35H,1,25-26H2,2-4H3/t32-/m0/s1. The molecule has 0 aliphatic carbocycles. The molecule has 0 unspecified atom stereocenters. The van der Waals surface area contributed by atoms with Gasteiger partial charge in [0.2, 0.25) is 0 Å². The van der Waals surface area contributed by atoms with Crippen LogP contribution in [0.15, 0.2) is 138 Å². The highest BCUT2D eigenvalue weighted by molar-refractivity contribution is 7.87. The molecule has 1 atom stereocenters. The van der Waals surface area contributed by atoms with Gasteiger partial charge in [0.05, 0.1) is 19.6 Å². The van der Waals surface area contributed by atoms with Crippen LogP contribution in [-0.4, -0.2) is 12.6 Å². The summed E-state index contributed by atoms with van der Waals surface area (Å²) >= 11 is 0. The molecule has 4 aromatic carbocycles. The van der Waals surface area contributed by atoms with E-state index in [1.165, 1.54) is 21.5 Å². The third-order valence-corrected chi connectivity index (χ3v) is 10.3. The monoisotopic (exact) mass is 492 g/mol. The van der Waals surface area contributed by atoms with Crippen molar-refractivity contribution < 1.29 is 0 Å². The molecule has 0 fully saturated rings. The Bertz CT molecular complexity index is 1190. The van der Waals surface area contributed by atoms with Gasteiger partial charge in [0.1, 0.15) is 0 Å². The maximum Gasteiger partial charge on any atom is 0.0592 e. The zero-order chi connectivity index (χ0) is 25.4. The lowest BCUT2D eigenvalue weighted by atomic mass is 9.86. The fourth-order valence-corrected chi connectivity index (χ4v) is 8.11. The van der Waals surface area contributed by atoms with Crippen LogP contribution in [0.4, 0.5) is 0 Å². The van der Waals surface area contributed by atoms with Crippen LogP contribution in [0.1, 0.15) is 26.3 Å². The first kappa shape index (κ1) is 25.7. The van der Waals surface area contributed by atoms with Crippen molar-refractivity contribution in [1.82, 2.24) is 5.32 Å². The minimum Gasteiger partial charge on any atom is -0.383 e. The summed E-state index contributed by atoms with van der Waals surface area (Å²) in [6.45, 7) is 11.9. The van der Waals surface area contributed by atoms with Crippen molar-refractivity contribution in [2.75, 3.05) is 6.54 Å². The third-order valence-electron chi connectivity index (χ3n) is 6.55. The number of benzene rings is 4. The molecular weight excluding hydrogens is 455 g/mol. The summed E-state index contributed by atoms with van der Waals surface area (Å²) in [7, 11) is -2.23. The lowest BCUT2D eigenvalue weighted by Gasteiger charge is -2.34. The van der Waals surface area contributed by atoms with E-state index < -0.39 is 7.05 Å². The SMILES string of the molecule is C=C(Cc1ccccc1)N[C@@H](CN=P(c1ccccc1)(c1ccccc1)c1ccccc1)C(C)(C)C. The summed E-state index contributed by atoms with van der Waals surface area (Å²) < 4.78 is 5.70. The Morgan fingerprint density at radius 1 is 0.694 bits per heavy atom. The molecule has 0 saturated carbocycles. The minimum atomic E-state index is -2.23. The summed E-state index contributed by atoms with van der Waals surface area (Å²) in [4.78, 5) is 0. The van der Waals surface area contributed by atoms with Crippen LogP contribution < -0.4 is 21.2 Å². The van der Waals surface area contributed by atoms with E-state index in [1.807, 2.05) is 0 Å². The predicted molar refractivity (Wildman–Crippen MR) is 158 cm³/mol. The van der Waals surface area contributed by atoms with Gasteiger partial charge in [-0.3, -0.25) is 4.74 Å². The van der Waals surface area contributed by atoms with E-state index in [9.17, 15) is 0 Å². The Labute approximate surface area is 217 Å². The van der Waals surface area contributed by atoms with Gasteiger partial charge >= 0.3 is 0 Å². The van der Waals surface area contributed by atoms with Gasteiger partial charge < -0.3 is 5.32 Å². The van der Waals surface area contributed by atoms with Gasteiger partial charge in [-0.25, -0.2) is 0 Å². The Balaban J connectivity index is 1.79. The van der Waals surface area contributed by atoms with Gasteiger partial charge in [-0.2, -0.15) is 0 Å². The summed E-state index contributed by atoms with van der Waals surface area (Å²) in [5.41, 5.74) is 2.29. The van der Waals surface area contributed by atoms with Crippen molar-refractivity contribution in [2.45, 2.75) is 33.2 Å². The zero-order valence-electron chi connectivity index (χ0n) is 21.6. The lowest BCUT2D eigenvalue weighted by Crippen LogP contribution is -2.42. The van der Waals surface area contributed by atoms with Crippen LogP contribution in [-0.2, 0) is 6.42 Å². The topological polar surface area (TPSA) is 24.4 Å². The lowest BCUT2D eigenvalue weighted by molar-refractivity contribution is 0.290. The van der Waals surface area contributed by atoms with Crippen molar-refractivity contribution >= 4 is 23.0 Å². The largest absolute Gasteiger partial charge is 0.383 e. The van der Waals surface area contributed by atoms with Crippen LogP contribution in [0.3, 0.4) is 0 Å². The first-order valence-corrected chi connectivity index (χ1v) is 14.4. The fraction of sp³-hybridized carbons (Fsp3) is 0.212. The number of hydrogen-bond acceptors (Lipinski definition) is 2. The number of nitrogens with one attached hydrogen (secondary N) is 1. The second-order valence-corrected chi connectivity index (χ2v) is 13.4. The molecule has 0 aliphatic heterocycles. The molecule has 0 aromatic heterocycles. The molecule has 2 nitrogen and oxygen atoms in total. The van der Waals surface area contributed by atoms with Gasteiger partial charge in [0, 0.05) is 28.0 Å². The molecule has 0 spiro atoms. The second kappa shape index (κ2) is 11.6. The number of nitrogens with zero attached hydrogens (tertiary/aromatic N) is 1. The molecule has 0 radical (unpaired) electrons. The maximum atomic E-state index is 5.70. The summed E-state index contributed by atoms with van der Waals surface area (Å²) in [5.74, 6) is 0. The highest BCUT2D eigenvalue weighted by Gasteiger charge is 2.30. The van der Waals surface area contributed by atoms with E-state index in [-0.39, 0.29) is 11.5 Å². The molecule has 1 N–H and O–H groups in total. The molecule has 0 amide bonds. The maximum absolute atomic E-state index is 5.70. The highest BCUT2D eigenvalue weighted by Crippen LogP contribution is 2.46. The highest BCUT2D eigenvalue weighted by atomic mass is 31.2. The molecule has 0 bridgehead atoms. The van der Waals surface area contributed by atoms with Crippen LogP contribution in [0.5, 0.6) is 0 Å². The normalized spacial score (nSPS) is 12.5. The predicted octanol–water partition coefficient (Wildman–Crippen LogP) is 6.92. The summed E-state index contributed by atoms with van der Waals surface area (Å²) in [6, 6.07) is 43.2. The Kier molecular flexibility index (Phi) is 8.28. The Morgan fingerprint density at radius 2 is 1.08 bits per heavy atom. The Morgan fingerprint density at radius 3 is 1.47 bits per heavy atom. The number of rotatable bonds is 9. The molecule has 4 aromatic rings. The summed E-state index contributed by atoms with van der Waals surface area (Å²) in [5, 5.41) is 7.59. The zero-order valence-corrected chi connectivity index (χ0v) is 22.5. The van der Waals surface area contributed by atoms with E-state index in [2.05, 4.69) is 154 Å². The second-order valence-electron chi connectivity index (χ2n) is 10.3. The van der Waals surface area contributed by atoms with Gasteiger partial charge in [0.25, 0.3) is 0 Å². The van der Waals surface area contributed by atoms with Gasteiger partial charge in [-0.05, 0) is 11.0 Å². The minimum absolute atomic E-state index is 0.00283. The van der Waals surface area contributed by atoms with Gasteiger partial charge in [-0.15, -0.1) is 0 Å². The molecule has 3 heteroatoms. The quantitative estimate of drug-likeness (QED) is 0.252. The van der Waals surface area contributed by atoms with Crippen LogP contribution >= 0.6 is 7.05 Å². The van der Waals surface area contributed by atoms with E-state index in [1.54, 1.807) is 0 Å². The van der Waals surface area contributed by atoms with Crippen LogP contribution in [0.2, 0.25) is 0 Å². The van der Waals surface area contributed by atoms with Gasteiger partial charge in [0.15, 0.2) is 0 Å². The van der Waals surface area contributed by atoms with E-state index in [0.29, 0.717) is 6.54 Å². The molecular formula is C33H37N2P. The number of hydrogen-bond donors (Lipinski definition) is 1. The fourth-order valence-electron chi connectivity index (χ4n) is 4.50. The van der Waals surface area contributed by atoms with Crippen molar-refractivity contribution in [3.05, 3.63) is 139 Å². The molecule has 36 heavy (non-hydrogen) atoms. The van der Waals surface area contributed by atoms with Crippen molar-refractivity contribution in [1.29, 1.82) is 0 Å². The molecule has 0 aliphatic rings. The van der Waals surface area contributed by atoms with E-state index >= 15 is 0 Å². The van der Waals surface area contributed by atoms with Crippen molar-refractivity contribution in [3.8, 4) is 0 Å². The first-order valence-electron chi connectivity index (χ1n) is 12.6. The summed E-state index contributed by atoms with van der Waals surface area (Å²) in [6.07, 6.45) is 0.809. The van der Waals surface area contributed by atoms with Crippen molar-refractivity contribution in [3.63, 3.8) is 0 Å². The van der Waals surface area contributed by atoms with Crippen LogP contribution in [0, 0.1) is 5.41 Å². The van der Waals surface area contributed by atoms with E-state index in [4.69, 9.17) is 4.74 Å². The first-order chi connectivity index (χ1) is 17.4.